The quantitative estimate of drug-likeness (QED) is 0.612. The Labute approximate surface area is 152 Å². The summed E-state index contributed by atoms with van der Waals surface area (Å²) in [6.07, 6.45) is 5.32. The summed E-state index contributed by atoms with van der Waals surface area (Å²) in [5.74, 6) is 0.265. The number of rotatable bonds is 6. The Morgan fingerprint density at radius 3 is 2.31 bits per heavy atom. The van der Waals surface area contributed by atoms with E-state index in [0.717, 1.165) is 31.6 Å². The van der Waals surface area contributed by atoms with Gasteiger partial charge in [-0.05, 0) is 43.0 Å². The van der Waals surface area contributed by atoms with Crippen LogP contribution in [-0.2, 0) is 10.0 Å². The van der Waals surface area contributed by atoms with Gasteiger partial charge in [-0.3, -0.25) is 15.1 Å². The highest BCUT2D eigenvalue weighted by atomic mass is 32.2. The number of benzene rings is 1. The molecule has 1 aliphatic heterocycles. The largest absolute Gasteiger partial charge is 0.371 e. The Hall–Kier alpha value is -2.52. The van der Waals surface area contributed by atoms with E-state index in [1.807, 2.05) is 12.1 Å². The van der Waals surface area contributed by atoms with E-state index >= 15 is 0 Å². The number of hydrogen-bond donors (Lipinski definition) is 1. The zero-order valence-electron chi connectivity index (χ0n) is 14.1. The molecule has 2 aromatic rings. The molecule has 0 bridgehead atoms. The number of sulfonamides is 1. The number of aromatic nitrogens is 1. The minimum Gasteiger partial charge on any atom is -0.371 e. The van der Waals surface area contributed by atoms with Crippen LogP contribution < -0.4 is 9.62 Å². The van der Waals surface area contributed by atoms with Crippen molar-refractivity contribution in [3.05, 3.63) is 58.9 Å². The monoisotopic (exact) mass is 376 g/mol. The van der Waals surface area contributed by atoms with Gasteiger partial charge in [-0.1, -0.05) is 0 Å². The molecule has 0 saturated carbocycles. The van der Waals surface area contributed by atoms with Crippen molar-refractivity contribution in [2.45, 2.75) is 17.7 Å². The van der Waals surface area contributed by atoms with Crippen LogP contribution in [0.1, 0.15) is 12.8 Å². The third-order valence-corrected chi connectivity index (χ3v) is 6.00. The van der Waals surface area contributed by atoms with E-state index in [4.69, 9.17) is 0 Å². The highest BCUT2D eigenvalue weighted by Crippen LogP contribution is 2.23. The van der Waals surface area contributed by atoms with Crippen molar-refractivity contribution < 1.29 is 13.3 Å². The normalized spacial score (nSPS) is 15.8. The summed E-state index contributed by atoms with van der Waals surface area (Å²) in [6.45, 7) is 2.10. The molecule has 2 heterocycles. The molecule has 1 aromatic carbocycles. The van der Waals surface area contributed by atoms with Crippen molar-refractivity contribution in [2.24, 2.45) is 5.92 Å². The minimum atomic E-state index is -3.66. The summed E-state index contributed by atoms with van der Waals surface area (Å²) in [5, 5.41) is 10.7. The summed E-state index contributed by atoms with van der Waals surface area (Å²) in [4.78, 5) is 16.4. The molecular weight excluding hydrogens is 356 g/mol. The molecule has 1 saturated heterocycles. The van der Waals surface area contributed by atoms with Gasteiger partial charge in [0.25, 0.3) is 5.69 Å². The first-order chi connectivity index (χ1) is 12.5. The van der Waals surface area contributed by atoms with E-state index in [0.29, 0.717) is 6.54 Å². The molecule has 1 fully saturated rings. The fourth-order valence-corrected chi connectivity index (χ4v) is 4.12. The summed E-state index contributed by atoms with van der Waals surface area (Å²) < 4.78 is 27.3. The molecule has 0 spiro atoms. The van der Waals surface area contributed by atoms with Crippen molar-refractivity contribution in [1.29, 1.82) is 0 Å². The Kier molecular flexibility index (Phi) is 5.48. The van der Waals surface area contributed by atoms with E-state index in [1.165, 1.54) is 24.3 Å². The van der Waals surface area contributed by atoms with Crippen LogP contribution in [0.4, 0.5) is 11.4 Å². The van der Waals surface area contributed by atoms with Crippen LogP contribution in [0.15, 0.2) is 53.7 Å². The summed E-state index contributed by atoms with van der Waals surface area (Å²) in [6, 6.07) is 8.85. The zero-order valence-corrected chi connectivity index (χ0v) is 14.9. The topological polar surface area (TPSA) is 105 Å². The van der Waals surface area contributed by atoms with Gasteiger partial charge in [0.05, 0.1) is 9.82 Å². The van der Waals surface area contributed by atoms with Crippen molar-refractivity contribution >= 4 is 21.4 Å². The molecule has 1 N–H and O–H groups in total. The van der Waals surface area contributed by atoms with Crippen molar-refractivity contribution in [2.75, 3.05) is 24.5 Å². The van der Waals surface area contributed by atoms with E-state index < -0.39 is 14.9 Å². The predicted molar refractivity (Wildman–Crippen MR) is 97.5 cm³/mol. The zero-order chi connectivity index (χ0) is 18.6. The number of nitro groups is 1. The smallest absolute Gasteiger partial charge is 0.269 e. The van der Waals surface area contributed by atoms with Crippen molar-refractivity contribution in [3.63, 3.8) is 0 Å². The van der Waals surface area contributed by atoms with Crippen LogP contribution in [0.5, 0.6) is 0 Å². The van der Waals surface area contributed by atoms with Gasteiger partial charge in [0.1, 0.15) is 0 Å². The van der Waals surface area contributed by atoms with Gasteiger partial charge < -0.3 is 4.90 Å². The van der Waals surface area contributed by atoms with Gasteiger partial charge in [0.15, 0.2) is 0 Å². The average Bonchev–Trinajstić information content (AvgIpc) is 2.67. The third kappa shape index (κ3) is 4.36. The van der Waals surface area contributed by atoms with E-state index in [9.17, 15) is 18.5 Å². The highest BCUT2D eigenvalue weighted by Gasteiger charge is 2.22. The molecule has 0 atom stereocenters. The number of piperidine rings is 1. The lowest BCUT2D eigenvalue weighted by atomic mass is 9.97. The second-order valence-electron chi connectivity index (χ2n) is 6.24. The van der Waals surface area contributed by atoms with E-state index in [-0.39, 0.29) is 16.5 Å². The maximum Gasteiger partial charge on any atom is 0.269 e. The third-order valence-electron chi connectivity index (χ3n) is 4.56. The molecule has 1 aliphatic rings. The Balaban J connectivity index is 1.53. The maximum absolute atomic E-state index is 12.3. The van der Waals surface area contributed by atoms with Crippen LogP contribution in [0.25, 0.3) is 0 Å². The molecule has 0 amide bonds. The number of anilines is 1. The molecule has 8 nitrogen and oxygen atoms in total. The summed E-state index contributed by atoms with van der Waals surface area (Å²) in [7, 11) is -3.66. The molecular formula is C17H20N4O4S. The van der Waals surface area contributed by atoms with Gasteiger partial charge in [-0.2, -0.15) is 0 Å². The fourth-order valence-electron chi connectivity index (χ4n) is 3.01. The van der Waals surface area contributed by atoms with Crippen LogP contribution in [-0.4, -0.2) is 38.0 Å². The molecule has 138 valence electrons. The van der Waals surface area contributed by atoms with Crippen molar-refractivity contribution in [1.82, 2.24) is 9.71 Å². The Morgan fingerprint density at radius 2 is 1.73 bits per heavy atom. The van der Waals surface area contributed by atoms with Gasteiger partial charge in [-0.25, -0.2) is 13.1 Å². The minimum absolute atomic E-state index is 0.0392. The summed E-state index contributed by atoms with van der Waals surface area (Å²) >= 11 is 0. The lowest BCUT2D eigenvalue weighted by molar-refractivity contribution is -0.384. The number of pyridine rings is 1. The first-order valence-corrected chi connectivity index (χ1v) is 9.83. The summed E-state index contributed by atoms with van der Waals surface area (Å²) in [5.41, 5.74) is 0.998. The second kappa shape index (κ2) is 7.79. The molecule has 9 heteroatoms. The van der Waals surface area contributed by atoms with Crippen LogP contribution in [0.2, 0.25) is 0 Å². The van der Waals surface area contributed by atoms with E-state index in [1.54, 1.807) is 12.4 Å². The van der Waals surface area contributed by atoms with E-state index in [2.05, 4.69) is 14.6 Å². The average molecular weight is 376 g/mol. The number of nitrogens with zero attached hydrogens (tertiary/aromatic N) is 3. The molecule has 3 rings (SSSR count). The van der Waals surface area contributed by atoms with Crippen LogP contribution in [0.3, 0.4) is 0 Å². The lowest BCUT2D eigenvalue weighted by Crippen LogP contribution is -2.38. The standard InChI is InChI=1S/C17H20N4O4S/c22-21(23)16-1-3-17(4-2-16)26(24,25)19-13-14-7-11-20(12-8-14)15-5-9-18-10-6-15/h1-6,9-10,14,19H,7-8,11-13H2. The van der Waals surface area contributed by atoms with Gasteiger partial charge in [-0.15, -0.1) is 0 Å². The van der Waals surface area contributed by atoms with Gasteiger partial charge >= 0.3 is 0 Å². The number of hydrogen-bond acceptors (Lipinski definition) is 6. The lowest BCUT2D eigenvalue weighted by Gasteiger charge is -2.33. The first kappa shape index (κ1) is 18.3. The SMILES string of the molecule is O=[N+]([O-])c1ccc(S(=O)(=O)NCC2CCN(c3ccncc3)CC2)cc1. The van der Waals surface area contributed by atoms with Gasteiger partial charge in [0.2, 0.25) is 10.0 Å². The predicted octanol–water partition coefficient (Wildman–Crippen LogP) is 2.18. The molecule has 0 aliphatic carbocycles. The Bertz CT molecular complexity index is 848. The highest BCUT2D eigenvalue weighted by molar-refractivity contribution is 7.89. The maximum atomic E-state index is 12.3. The van der Waals surface area contributed by atoms with Crippen LogP contribution in [0, 0.1) is 16.0 Å². The van der Waals surface area contributed by atoms with Crippen molar-refractivity contribution in [3.8, 4) is 0 Å². The first-order valence-electron chi connectivity index (χ1n) is 8.35. The molecule has 0 unspecified atom stereocenters. The number of nitrogens with one attached hydrogen (secondary N) is 1. The molecule has 26 heavy (non-hydrogen) atoms. The second-order valence-corrected chi connectivity index (χ2v) is 8.01. The van der Waals surface area contributed by atoms with Gasteiger partial charge in [0, 0.05) is 49.8 Å². The molecule has 1 aromatic heterocycles. The fraction of sp³-hybridized carbons (Fsp3) is 0.353. The number of non-ortho nitro benzene ring substituents is 1. The molecule has 0 radical (unpaired) electrons. The Morgan fingerprint density at radius 1 is 1.12 bits per heavy atom. The number of nitro benzene ring substituents is 1. The van der Waals surface area contributed by atoms with Crippen LogP contribution >= 0.6 is 0 Å².